The number of aromatic hydroxyl groups is 1. The molecule has 0 fully saturated rings. The normalized spacial score (nSPS) is 10.8. The number of phenolic OH excluding ortho intramolecular Hbond substituents is 1. The molecule has 4 nitrogen and oxygen atoms in total. The number of rotatable bonds is 3. The van der Waals surface area contributed by atoms with Gasteiger partial charge in [0.05, 0.1) is 15.2 Å². The van der Waals surface area contributed by atoms with Gasteiger partial charge in [0, 0.05) is 5.56 Å². The minimum atomic E-state index is -0.511. The first-order valence-corrected chi connectivity index (χ1v) is 7.33. The topological polar surface area (TPSA) is 61.7 Å². The van der Waals surface area contributed by atoms with Crippen molar-refractivity contribution in [1.29, 1.82) is 0 Å². The van der Waals surface area contributed by atoms with Gasteiger partial charge in [-0.2, -0.15) is 5.10 Å². The van der Waals surface area contributed by atoms with E-state index in [9.17, 15) is 14.3 Å². The summed E-state index contributed by atoms with van der Waals surface area (Å²) in [6.45, 7) is 0. The fourth-order valence-electron chi connectivity index (χ4n) is 1.52. The number of benzene rings is 2. The van der Waals surface area contributed by atoms with Crippen LogP contribution in [0.1, 0.15) is 15.9 Å². The molecule has 0 heterocycles. The zero-order valence-corrected chi connectivity index (χ0v) is 13.7. The maximum absolute atomic E-state index is 13.0. The molecule has 0 atom stereocenters. The molecule has 0 aliphatic heterocycles. The summed E-state index contributed by atoms with van der Waals surface area (Å²) in [5.41, 5.74) is 3.14. The molecule has 2 N–H and O–H groups in total. The lowest BCUT2D eigenvalue weighted by molar-refractivity contribution is 0.0954. The van der Waals surface area contributed by atoms with Gasteiger partial charge in [0.1, 0.15) is 11.6 Å². The van der Waals surface area contributed by atoms with E-state index in [1.165, 1.54) is 24.4 Å². The molecule has 0 aromatic heterocycles. The van der Waals surface area contributed by atoms with Gasteiger partial charge in [-0.25, -0.2) is 9.82 Å². The molecule has 21 heavy (non-hydrogen) atoms. The third-order valence-corrected chi connectivity index (χ3v) is 3.71. The molecular weight excluding hydrogens is 407 g/mol. The number of hydrogen-bond acceptors (Lipinski definition) is 3. The van der Waals surface area contributed by atoms with Crippen molar-refractivity contribution in [3.05, 3.63) is 62.3 Å². The molecule has 0 saturated carbocycles. The van der Waals surface area contributed by atoms with Crippen LogP contribution in [0.15, 0.2) is 50.4 Å². The number of nitrogens with one attached hydrogen (secondary N) is 1. The van der Waals surface area contributed by atoms with Crippen LogP contribution in [0, 0.1) is 5.82 Å². The summed E-state index contributed by atoms with van der Waals surface area (Å²) in [4.78, 5) is 11.7. The minimum absolute atomic E-state index is 0.0796. The van der Waals surface area contributed by atoms with Crippen molar-refractivity contribution in [2.75, 3.05) is 0 Å². The maximum atomic E-state index is 13.0. The van der Waals surface area contributed by atoms with Gasteiger partial charge in [-0.1, -0.05) is 6.07 Å². The molecule has 0 bridgehead atoms. The van der Waals surface area contributed by atoms with Gasteiger partial charge in [-0.15, -0.1) is 0 Å². The summed E-state index contributed by atoms with van der Waals surface area (Å²) < 4.78 is 14.0. The molecule has 2 aromatic rings. The van der Waals surface area contributed by atoms with Gasteiger partial charge in [-0.05, 0) is 67.8 Å². The van der Waals surface area contributed by atoms with Crippen molar-refractivity contribution in [2.24, 2.45) is 5.10 Å². The Hall–Kier alpha value is -1.73. The van der Waals surface area contributed by atoms with Crippen LogP contribution >= 0.6 is 31.9 Å². The number of carbonyl (C=O) groups is 1. The summed E-state index contributed by atoms with van der Waals surface area (Å²) in [5, 5.41) is 13.4. The van der Waals surface area contributed by atoms with Crippen molar-refractivity contribution in [2.45, 2.75) is 0 Å². The molecule has 0 spiro atoms. The fourth-order valence-corrected chi connectivity index (χ4v) is 2.74. The molecule has 2 aromatic carbocycles. The Balaban J connectivity index is 2.07. The second-order valence-corrected chi connectivity index (χ2v) is 5.75. The number of carbonyl (C=O) groups excluding carboxylic acids is 1. The summed E-state index contributed by atoms with van der Waals surface area (Å²) in [6.07, 6.45) is 1.41. The van der Waals surface area contributed by atoms with Crippen LogP contribution in [0.4, 0.5) is 4.39 Å². The average molecular weight is 416 g/mol. The highest BCUT2D eigenvalue weighted by Crippen LogP contribution is 2.32. The molecule has 0 aliphatic rings. The van der Waals surface area contributed by atoms with Crippen LogP contribution in [-0.2, 0) is 0 Å². The Morgan fingerprint density at radius 3 is 2.52 bits per heavy atom. The number of amides is 1. The number of hydrogen-bond donors (Lipinski definition) is 2. The van der Waals surface area contributed by atoms with E-state index in [0.717, 1.165) is 6.07 Å². The van der Waals surface area contributed by atoms with Gasteiger partial charge in [0.15, 0.2) is 0 Å². The molecule has 0 unspecified atom stereocenters. The lowest BCUT2D eigenvalue weighted by Crippen LogP contribution is -2.17. The van der Waals surface area contributed by atoms with Crippen molar-refractivity contribution in [3.63, 3.8) is 0 Å². The first-order chi connectivity index (χ1) is 9.97. The predicted octanol–water partition coefficient (Wildman–Crippen LogP) is 3.82. The summed E-state index contributed by atoms with van der Waals surface area (Å²) >= 11 is 6.38. The highest BCUT2D eigenvalue weighted by atomic mass is 79.9. The first-order valence-electron chi connectivity index (χ1n) is 5.74. The number of hydrazone groups is 1. The third kappa shape index (κ3) is 4.12. The highest BCUT2D eigenvalue weighted by Gasteiger charge is 2.06. The Labute approximate surface area is 136 Å². The lowest BCUT2D eigenvalue weighted by atomic mass is 10.2. The summed E-state index contributed by atoms with van der Waals surface area (Å²) in [6, 6.07) is 8.59. The van der Waals surface area contributed by atoms with Crippen LogP contribution < -0.4 is 5.43 Å². The predicted molar refractivity (Wildman–Crippen MR) is 85.0 cm³/mol. The second-order valence-electron chi connectivity index (χ2n) is 4.04. The van der Waals surface area contributed by atoms with Crippen molar-refractivity contribution < 1.29 is 14.3 Å². The zero-order valence-electron chi connectivity index (χ0n) is 10.5. The van der Waals surface area contributed by atoms with Crippen LogP contribution in [-0.4, -0.2) is 17.2 Å². The lowest BCUT2D eigenvalue weighted by Gasteiger charge is -2.02. The van der Waals surface area contributed by atoms with Crippen molar-refractivity contribution in [1.82, 2.24) is 5.43 Å². The third-order valence-electron chi connectivity index (χ3n) is 2.51. The quantitative estimate of drug-likeness (QED) is 0.591. The van der Waals surface area contributed by atoms with E-state index in [-0.39, 0.29) is 11.3 Å². The minimum Gasteiger partial charge on any atom is -0.506 e. The Bertz CT molecular complexity index is 697. The standard InChI is InChI=1S/C14H9Br2FN2O2/c15-11-4-8(5-12(16)13(11)20)7-18-19-14(21)9-2-1-3-10(17)6-9/h1-7,20H,(H,19,21)/b18-7+. The van der Waals surface area contributed by atoms with Crippen LogP contribution in [0.25, 0.3) is 0 Å². The van der Waals surface area contributed by atoms with E-state index >= 15 is 0 Å². The van der Waals surface area contributed by atoms with Gasteiger partial charge in [-0.3, -0.25) is 4.79 Å². The average Bonchev–Trinajstić information content (AvgIpc) is 2.44. The highest BCUT2D eigenvalue weighted by molar-refractivity contribution is 9.11. The van der Waals surface area contributed by atoms with E-state index in [0.29, 0.717) is 14.5 Å². The smallest absolute Gasteiger partial charge is 0.271 e. The van der Waals surface area contributed by atoms with Crippen LogP contribution in [0.2, 0.25) is 0 Å². The van der Waals surface area contributed by atoms with Gasteiger partial charge >= 0.3 is 0 Å². The van der Waals surface area contributed by atoms with Crippen LogP contribution in [0.5, 0.6) is 5.75 Å². The Morgan fingerprint density at radius 1 is 1.24 bits per heavy atom. The summed E-state index contributed by atoms with van der Waals surface area (Å²) in [5.74, 6) is -0.920. The number of nitrogens with zero attached hydrogens (tertiary/aromatic N) is 1. The molecular formula is C14H9Br2FN2O2. The van der Waals surface area contributed by atoms with Crippen molar-refractivity contribution >= 4 is 44.0 Å². The largest absolute Gasteiger partial charge is 0.506 e. The molecule has 0 saturated heterocycles. The van der Waals surface area contributed by atoms with Crippen molar-refractivity contribution in [3.8, 4) is 5.75 Å². The Kier molecular flexibility index (Phi) is 5.08. The molecule has 108 valence electrons. The van der Waals surface area contributed by atoms with E-state index in [4.69, 9.17) is 0 Å². The fraction of sp³-hybridized carbons (Fsp3) is 0. The van der Waals surface area contributed by atoms with E-state index < -0.39 is 11.7 Å². The van der Waals surface area contributed by atoms with Gasteiger partial charge in [0.25, 0.3) is 5.91 Å². The Morgan fingerprint density at radius 2 is 1.90 bits per heavy atom. The zero-order chi connectivity index (χ0) is 15.4. The molecule has 0 aliphatic carbocycles. The monoisotopic (exact) mass is 414 g/mol. The van der Waals surface area contributed by atoms with E-state index in [1.807, 2.05) is 0 Å². The second kappa shape index (κ2) is 6.82. The van der Waals surface area contributed by atoms with Gasteiger partial charge < -0.3 is 5.11 Å². The molecule has 0 radical (unpaired) electrons. The van der Waals surface area contributed by atoms with E-state index in [1.54, 1.807) is 12.1 Å². The molecule has 7 heteroatoms. The molecule has 1 amide bonds. The van der Waals surface area contributed by atoms with Crippen LogP contribution in [0.3, 0.4) is 0 Å². The summed E-state index contributed by atoms with van der Waals surface area (Å²) in [7, 11) is 0. The first kappa shape index (κ1) is 15.7. The molecule has 2 rings (SSSR count). The number of halogens is 3. The maximum Gasteiger partial charge on any atom is 0.271 e. The SMILES string of the molecule is O=C(N/N=C/c1cc(Br)c(O)c(Br)c1)c1cccc(F)c1. The van der Waals surface area contributed by atoms with E-state index in [2.05, 4.69) is 42.4 Å². The number of phenols is 1. The van der Waals surface area contributed by atoms with Gasteiger partial charge in [0.2, 0.25) is 0 Å².